The lowest BCUT2D eigenvalue weighted by Crippen LogP contribution is -2.00. The lowest BCUT2D eigenvalue weighted by molar-refractivity contribution is 0.339. The van der Waals surface area contributed by atoms with Gasteiger partial charge in [0.1, 0.15) is 16.2 Å². The Bertz CT molecular complexity index is 637. The highest BCUT2D eigenvalue weighted by Gasteiger charge is 2.08. The third kappa shape index (κ3) is 2.98. The van der Waals surface area contributed by atoms with Gasteiger partial charge < -0.3 is 9.72 Å². The highest BCUT2D eigenvalue weighted by molar-refractivity contribution is 7.71. The molecule has 0 aliphatic carbocycles. The Balaban J connectivity index is 2.54. The minimum Gasteiger partial charge on any atom is -0.492 e. The minimum absolute atomic E-state index is 0.622. The first-order valence-corrected chi connectivity index (χ1v) is 6.74. The molecule has 5 heteroatoms. The van der Waals surface area contributed by atoms with E-state index in [-0.39, 0.29) is 0 Å². The summed E-state index contributed by atoms with van der Waals surface area (Å²) in [6.45, 7) is 6.58. The number of rotatable bonds is 4. The minimum atomic E-state index is 0.622. The highest BCUT2D eigenvalue weighted by atomic mass is 32.1. The zero-order valence-electron chi connectivity index (χ0n) is 11.4. The van der Waals surface area contributed by atoms with E-state index in [4.69, 9.17) is 17.0 Å². The van der Waals surface area contributed by atoms with Gasteiger partial charge >= 0.3 is 0 Å². The van der Waals surface area contributed by atoms with Gasteiger partial charge in [-0.3, -0.25) is 4.98 Å². The Morgan fingerprint density at radius 3 is 2.79 bits per heavy atom. The molecule has 19 heavy (non-hydrogen) atoms. The van der Waals surface area contributed by atoms with Crippen molar-refractivity contribution in [2.24, 2.45) is 0 Å². The average Bonchev–Trinajstić information content (AvgIpc) is 2.42. The Morgan fingerprint density at radius 2 is 2.11 bits per heavy atom. The fourth-order valence-corrected chi connectivity index (χ4v) is 2.05. The standard InChI is InChI=1S/C14H17N3OS/c1-4-12-16-13(9(3)14(19)17-12)10-6-11(18-5-2)8-15-7-10/h6-8H,4-5H2,1-3H3,(H,16,17,19). The summed E-state index contributed by atoms with van der Waals surface area (Å²) in [5.74, 6) is 1.64. The van der Waals surface area contributed by atoms with Crippen molar-refractivity contribution in [2.75, 3.05) is 6.61 Å². The SMILES string of the molecule is CCOc1cncc(-c2[nH]c(CC)nc(=S)c2C)c1. The molecule has 0 aromatic carbocycles. The van der Waals surface area contributed by atoms with Crippen molar-refractivity contribution < 1.29 is 4.74 Å². The van der Waals surface area contributed by atoms with E-state index in [1.807, 2.05) is 26.8 Å². The van der Waals surface area contributed by atoms with E-state index >= 15 is 0 Å². The van der Waals surface area contributed by atoms with E-state index < -0.39 is 0 Å². The number of ether oxygens (including phenoxy) is 1. The van der Waals surface area contributed by atoms with Crippen molar-refractivity contribution in [2.45, 2.75) is 27.2 Å². The number of hydrogen-bond acceptors (Lipinski definition) is 4. The maximum absolute atomic E-state index is 5.48. The molecule has 0 aliphatic heterocycles. The Hall–Kier alpha value is -1.75. The summed E-state index contributed by atoms with van der Waals surface area (Å²) in [5.41, 5.74) is 2.89. The van der Waals surface area contributed by atoms with Gasteiger partial charge in [-0.25, -0.2) is 4.98 Å². The van der Waals surface area contributed by atoms with Crippen LogP contribution in [0.5, 0.6) is 5.75 Å². The second kappa shape index (κ2) is 5.93. The van der Waals surface area contributed by atoms with Crippen LogP contribution in [0.3, 0.4) is 0 Å². The van der Waals surface area contributed by atoms with Gasteiger partial charge in [0.15, 0.2) is 0 Å². The fourth-order valence-electron chi connectivity index (χ4n) is 1.84. The van der Waals surface area contributed by atoms with Crippen molar-refractivity contribution in [1.82, 2.24) is 15.0 Å². The summed E-state index contributed by atoms with van der Waals surface area (Å²) in [7, 11) is 0. The Labute approximate surface area is 117 Å². The lowest BCUT2D eigenvalue weighted by Gasteiger charge is -2.10. The molecule has 4 nitrogen and oxygen atoms in total. The fraction of sp³-hybridized carbons (Fsp3) is 0.357. The number of hydrogen-bond donors (Lipinski definition) is 1. The molecule has 1 N–H and O–H groups in total. The molecule has 0 atom stereocenters. The number of pyridine rings is 1. The summed E-state index contributed by atoms with van der Waals surface area (Å²) < 4.78 is 6.11. The molecular weight excluding hydrogens is 258 g/mol. The molecule has 0 spiro atoms. The zero-order valence-corrected chi connectivity index (χ0v) is 12.2. The van der Waals surface area contributed by atoms with Gasteiger partial charge in [-0.05, 0) is 19.9 Å². The van der Waals surface area contributed by atoms with Crippen LogP contribution in [0.25, 0.3) is 11.3 Å². The van der Waals surface area contributed by atoms with Crippen molar-refractivity contribution in [1.29, 1.82) is 0 Å². The number of aromatic nitrogens is 3. The van der Waals surface area contributed by atoms with Gasteiger partial charge in [0.25, 0.3) is 0 Å². The largest absolute Gasteiger partial charge is 0.492 e. The van der Waals surface area contributed by atoms with Gasteiger partial charge in [-0.15, -0.1) is 0 Å². The predicted molar refractivity (Wildman–Crippen MR) is 77.9 cm³/mol. The second-order valence-corrected chi connectivity index (χ2v) is 4.57. The van der Waals surface area contributed by atoms with E-state index in [2.05, 4.69) is 15.0 Å². The van der Waals surface area contributed by atoms with E-state index in [1.54, 1.807) is 12.4 Å². The van der Waals surface area contributed by atoms with Crippen LogP contribution in [0.15, 0.2) is 18.5 Å². The number of nitrogens with zero attached hydrogens (tertiary/aromatic N) is 2. The zero-order chi connectivity index (χ0) is 13.8. The van der Waals surface area contributed by atoms with Gasteiger partial charge in [0.05, 0.1) is 18.5 Å². The van der Waals surface area contributed by atoms with Crippen LogP contribution in [-0.4, -0.2) is 21.6 Å². The van der Waals surface area contributed by atoms with Crippen LogP contribution in [0, 0.1) is 11.6 Å². The number of nitrogens with one attached hydrogen (secondary N) is 1. The van der Waals surface area contributed by atoms with E-state index in [1.165, 1.54) is 0 Å². The molecule has 100 valence electrons. The van der Waals surface area contributed by atoms with E-state index in [9.17, 15) is 0 Å². The average molecular weight is 275 g/mol. The van der Waals surface area contributed by atoms with Crippen molar-refractivity contribution in [3.63, 3.8) is 0 Å². The quantitative estimate of drug-likeness (QED) is 0.868. The molecule has 0 bridgehead atoms. The van der Waals surface area contributed by atoms with Crippen LogP contribution in [0.1, 0.15) is 25.2 Å². The molecule has 2 aromatic rings. The summed E-state index contributed by atoms with van der Waals surface area (Å²) in [4.78, 5) is 11.9. The van der Waals surface area contributed by atoms with Crippen molar-refractivity contribution in [3.05, 3.63) is 34.5 Å². The molecule has 0 aliphatic rings. The predicted octanol–water partition coefficient (Wildman–Crippen LogP) is 3.47. The van der Waals surface area contributed by atoms with Gasteiger partial charge in [0.2, 0.25) is 0 Å². The summed E-state index contributed by atoms with van der Waals surface area (Å²) in [6.07, 6.45) is 4.32. The van der Waals surface area contributed by atoms with Gasteiger partial charge in [-0.1, -0.05) is 19.1 Å². The van der Waals surface area contributed by atoms with Gasteiger partial charge in [-0.2, -0.15) is 0 Å². The molecule has 0 radical (unpaired) electrons. The number of aromatic amines is 1. The summed E-state index contributed by atoms with van der Waals surface area (Å²) in [5, 5.41) is 0. The van der Waals surface area contributed by atoms with Crippen LogP contribution in [-0.2, 0) is 6.42 Å². The first-order valence-electron chi connectivity index (χ1n) is 6.33. The second-order valence-electron chi connectivity index (χ2n) is 4.18. The molecule has 0 saturated carbocycles. The summed E-state index contributed by atoms with van der Waals surface area (Å²) >= 11 is 5.30. The highest BCUT2D eigenvalue weighted by Crippen LogP contribution is 2.24. The smallest absolute Gasteiger partial charge is 0.138 e. The third-order valence-corrected chi connectivity index (χ3v) is 3.25. The Kier molecular flexibility index (Phi) is 4.27. The monoisotopic (exact) mass is 275 g/mol. The molecular formula is C14H17N3OS. The first-order chi connectivity index (χ1) is 9.15. The molecule has 0 saturated heterocycles. The van der Waals surface area contributed by atoms with Crippen molar-refractivity contribution in [3.8, 4) is 17.0 Å². The lowest BCUT2D eigenvalue weighted by atomic mass is 10.1. The maximum Gasteiger partial charge on any atom is 0.138 e. The van der Waals surface area contributed by atoms with Crippen LogP contribution in [0.2, 0.25) is 0 Å². The molecule has 0 unspecified atom stereocenters. The molecule has 0 amide bonds. The Morgan fingerprint density at radius 1 is 1.32 bits per heavy atom. The topological polar surface area (TPSA) is 50.8 Å². The first kappa shape index (κ1) is 13.7. The molecule has 2 aromatic heterocycles. The van der Waals surface area contributed by atoms with E-state index in [0.717, 1.165) is 34.8 Å². The number of H-pyrrole nitrogens is 1. The molecule has 2 heterocycles. The van der Waals surface area contributed by atoms with Crippen LogP contribution in [0.4, 0.5) is 0 Å². The van der Waals surface area contributed by atoms with Crippen LogP contribution < -0.4 is 4.74 Å². The maximum atomic E-state index is 5.48. The number of aryl methyl sites for hydroxylation is 1. The van der Waals surface area contributed by atoms with E-state index in [0.29, 0.717) is 11.2 Å². The molecule has 0 fully saturated rings. The van der Waals surface area contributed by atoms with Crippen LogP contribution >= 0.6 is 12.2 Å². The summed E-state index contributed by atoms with van der Waals surface area (Å²) in [6, 6.07) is 1.96. The van der Waals surface area contributed by atoms with Gasteiger partial charge in [0, 0.05) is 23.7 Å². The van der Waals surface area contributed by atoms with Crippen molar-refractivity contribution >= 4 is 12.2 Å². The normalized spacial score (nSPS) is 10.5. The molecule has 2 rings (SSSR count). The third-order valence-electron chi connectivity index (χ3n) is 2.85.